The normalized spacial score (nSPS) is 22.0. The summed E-state index contributed by atoms with van der Waals surface area (Å²) in [6.07, 6.45) is 6.37. The Morgan fingerprint density at radius 3 is 2.86 bits per heavy atom. The van der Waals surface area contributed by atoms with Gasteiger partial charge in [-0.1, -0.05) is 12.1 Å². The molecule has 2 aliphatic heterocycles. The van der Waals surface area contributed by atoms with Crippen molar-refractivity contribution >= 4 is 16.8 Å². The van der Waals surface area contributed by atoms with Crippen molar-refractivity contribution in [2.75, 3.05) is 26.3 Å². The van der Waals surface area contributed by atoms with Crippen molar-refractivity contribution in [3.63, 3.8) is 0 Å². The number of nitrogens with one attached hydrogen (secondary N) is 2. The smallest absolute Gasteiger partial charge is 0.253 e. The standard InChI is InChI=1S/C22H32N4O2/c1-15(2)26-13-18-4-3-5-19(21(18)25-26)22(27)24-20(12-16-8-11-28-14-16)17-6-9-23-10-7-17/h3-5,13,15-17,20,23H,6-12,14H2,1-2H3,(H,24,27). The fraction of sp³-hybridized carbons (Fsp3) is 0.636. The predicted octanol–water partition coefficient (Wildman–Crippen LogP) is 3.14. The predicted molar refractivity (Wildman–Crippen MR) is 111 cm³/mol. The molecule has 2 fully saturated rings. The zero-order valence-corrected chi connectivity index (χ0v) is 17.0. The quantitative estimate of drug-likeness (QED) is 0.803. The monoisotopic (exact) mass is 384 g/mol. The van der Waals surface area contributed by atoms with Crippen molar-refractivity contribution in [2.24, 2.45) is 11.8 Å². The maximum absolute atomic E-state index is 13.3. The van der Waals surface area contributed by atoms with E-state index in [1.165, 1.54) is 0 Å². The van der Waals surface area contributed by atoms with E-state index in [1.807, 2.05) is 29.1 Å². The first-order valence-corrected chi connectivity index (χ1v) is 10.7. The molecule has 0 aliphatic carbocycles. The zero-order valence-electron chi connectivity index (χ0n) is 17.0. The molecule has 2 aliphatic rings. The van der Waals surface area contributed by atoms with E-state index in [0.717, 1.165) is 62.9 Å². The summed E-state index contributed by atoms with van der Waals surface area (Å²) in [5.74, 6) is 1.08. The molecule has 1 amide bonds. The molecule has 0 bridgehead atoms. The van der Waals surface area contributed by atoms with Crippen molar-refractivity contribution in [2.45, 2.75) is 51.6 Å². The molecule has 2 atom stereocenters. The van der Waals surface area contributed by atoms with Gasteiger partial charge in [-0.25, -0.2) is 0 Å². The highest BCUT2D eigenvalue weighted by molar-refractivity contribution is 6.05. The lowest BCUT2D eigenvalue weighted by Crippen LogP contribution is -2.45. The second-order valence-corrected chi connectivity index (χ2v) is 8.58. The Hall–Kier alpha value is -1.92. The Kier molecular flexibility index (Phi) is 5.97. The highest BCUT2D eigenvalue weighted by Crippen LogP contribution is 2.27. The van der Waals surface area contributed by atoms with Crippen molar-refractivity contribution < 1.29 is 9.53 Å². The molecular weight excluding hydrogens is 352 g/mol. The zero-order chi connectivity index (χ0) is 19.5. The Bertz CT molecular complexity index is 804. The minimum atomic E-state index is 0.00190. The fourth-order valence-electron chi connectivity index (χ4n) is 4.50. The molecule has 2 aromatic rings. The number of nitrogens with zero attached hydrogens (tertiary/aromatic N) is 2. The number of hydrogen-bond donors (Lipinski definition) is 2. The number of ether oxygens (including phenoxy) is 1. The van der Waals surface area contributed by atoms with E-state index in [-0.39, 0.29) is 18.0 Å². The lowest BCUT2D eigenvalue weighted by Gasteiger charge is -2.32. The number of piperidine rings is 1. The lowest BCUT2D eigenvalue weighted by atomic mass is 9.84. The molecule has 3 heterocycles. The molecule has 0 spiro atoms. The summed E-state index contributed by atoms with van der Waals surface area (Å²) in [5, 5.41) is 12.5. The van der Waals surface area contributed by atoms with Gasteiger partial charge in [0.05, 0.1) is 5.56 Å². The maximum atomic E-state index is 13.3. The van der Waals surface area contributed by atoms with Gasteiger partial charge in [-0.3, -0.25) is 9.48 Å². The number of aromatic nitrogens is 2. The third-order valence-corrected chi connectivity index (χ3v) is 6.21. The number of hydrogen-bond acceptors (Lipinski definition) is 4. The second-order valence-electron chi connectivity index (χ2n) is 8.58. The largest absolute Gasteiger partial charge is 0.381 e. The molecule has 1 aromatic carbocycles. The minimum absolute atomic E-state index is 0.00190. The van der Waals surface area contributed by atoms with Gasteiger partial charge in [0.25, 0.3) is 5.91 Å². The van der Waals surface area contributed by atoms with Crippen molar-refractivity contribution in [1.29, 1.82) is 0 Å². The van der Waals surface area contributed by atoms with Crippen molar-refractivity contribution in [3.8, 4) is 0 Å². The van der Waals surface area contributed by atoms with Crippen LogP contribution in [0, 0.1) is 11.8 Å². The van der Waals surface area contributed by atoms with Crippen LogP contribution in [0.15, 0.2) is 24.4 Å². The van der Waals surface area contributed by atoms with Crippen molar-refractivity contribution in [1.82, 2.24) is 20.4 Å². The van der Waals surface area contributed by atoms with Gasteiger partial charge in [0.2, 0.25) is 0 Å². The Balaban J connectivity index is 1.55. The summed E-state index contributed by atoms with van der Waals surface area (Å²) in [6, 6.07) is 6.34. The van der Waals surface area contributed by atoms with Gasteiger partial charge in [0, 0.05) is 36.9 Å². The van der Waals surface area contributed by atoms with Crippen LogP contribution in [0.3, 0.4) is 0 Å². The molecule has 2 saturated heterocycles. The van der Waals surface area contributed by atoms with Gasteiger partial charge in [-0.15, -0.1) is 0 Å². The van der Waals surface area contributed by atoms with Crippen LogP contribution < -0.4 is 10.6 Å². The number of fused-ring (bicyclic) bond motifs is 1. The van der Waals surface area contributed by atoms with Gasteiger partial charge in [0.1, 0.15) is 5.52 Å². The number of carbonyl (C=O) groups excluding carboxylic acids is 1. The summed E-state index contributed by atoms with van der Waals surface area (Å²) in [6.45, 7) is 7.94. The Morgan fingerprint density at radius 1 is 1.32 bits per heavy atom. The Labute approximate surface area is 167 Å². The molecule has 4 rings (SSSR count). The van der Waals surface area contributed by atoms with E-state index < -0.39 is 0 Å². The van der Waals surface area contributed by atoms with Crippen LogP contribution in [0.4, 0.5) is 0 Å². The number of benzene rings is 1. The minimum Gasteiger partial charge on any atom is -0.381 e. The maximum Gasteiger partial charge on any atom is 0.253 e. The molecular formula is C22H32N4O2. The summed E-state index contributed by atoms with van der Waals surface area (Å²) >= 11 is 0. The molecule has 28 heavy (non-hydrogen) atoms. The average molecular weight is 385 g/mol. The van der Waals surface area contributed by atoms with Gasteiger partial charge >= 0.3 is 0 Å². The molecule has 0 radical (unpaired) electrons. The van der Waals surface area contributed by atoms with Crippen molar-refractivity contribution in [3.05, 3.63) is 30.0 Å². The Morgan fingerprint density at radius 2 is 2.14 bits per heavy atom. The van der Waals surface area contributed by atoms with Crippen LogP contribution in [0.2, 0.25) is 0 Å². The first kappa shape index (κ1) is 19.4. The molecule has 6 nitrogen and oxygen atoms in total. The topological polar surface area (TPSA) is 68.2 Å². The lowest BCUT2D eigenvalue weighted by molar-refractivity contribution is 0.0901. The van der Waals surface area contributed by atoms with Crippen LogP contribution in [0.25, 0.3) is 10.9 Å². The number of amides is 1. The molecule has 2 N–H and O–H groups in total. The summed E-state index contributed by atoms with van der Waals surface area (Å²) < 4.78 is 7.51. The SMILES string of the molecule is CC(C)n1cc2cccc(C(=O)NC(CC3CCOC3)C3CCNCC3)c2n1. The molecule has 1 aromatic heterocycles. The first-order valence-electron chi connectivity index (χ1n) is 10.7. The number of rotatable bonds is 6. The third kappa shape index (κ3) is 4.23. The van der Waals surface area contributed by atoms with Gasteiger partial charge in [0.15, 0.2) is 0 Å². The second kappa shape index (κ2) is 8.62. The average Bonchev–Trinajstić information content (AvgIpc) is 3.37. The van der Waals surface area contributed by atoms with Crippen LogP contribution in [0.5, 0.6) is 0 Å². The van der Waals surface area contributed by atoms with Gasteiger partial charge in [-0.05, 0) is 70.5 Å². The van der Waals surface area contributed by atoms with E-state index in [0.29, 0.717) is 17.4 Å². The first-order chi connectivity index (χ1) is 13.6. The van der Waals surface area contributed by atoms with Crippen LogP contribution >= 0.6 is 0 Å². The van der Waals surface area contributed by atoms with Crippen LogP contribution in [-0.4, -0.2) is 48.0 Å². The van der Waals surface area contributed by atoms with E-state index in [2.05, 4.69) is 29.6 Å². The summed E-state index contributed by atoms with van der Waals surface area (Å²) in [7, 11) is 0. The fourth-order valence-corrected chi connectivity index (χ4v) is 4.50. The molecule has 6 heteroatoms. The molecule has 2 unspecified atom stereocenters. The van der Waals surface area contributed by atoms with Gasteiger partial charge in [-0.2, -0.15) is 5.10 Å². The van der Waals surface area contributed by atoms with E-state index in [1.54, 1.807) is 0 Å². The number of carbonyl (C=O) groups is 1. The van der Waals surface area contributed by atoms with E-state index in [9.17, 15) is 4.79 Å². The highest BCUT2D eigenvalue weighted by atomic mass is 16.5. The highest BCUT2D eigenvalue weighted by Gasteiger charge is 2.30. The summed E-state index contributed by atoms with van der Waals surface area (Å²) in [4.78, 5) is 13.3. The van der Waals surface area contributed by atoms with E-state index >= 15 is 0 Å². The van der Waals surface area contributed by atoms with Crippen LogP contribution in [0.1, 0.15) is 55.9 Å². The van der Waals surface area contributed by atoms with E-state index in [4.69, 9.17) is 4.74 Å². The molecule has 152 valence electrons. The third-order valence-electron chi connectivity index (χ3n) is 6.21. The molecule has 0 saturated carbocycles. The van der Waals surface area contributed by atoms with Gasteiger partial charge < -0.3 is 15.4 Å². The van der Waals surface area contributed by atoms with Crippen LogP contribution in [-0.2, 0) is 4.74 Å². The summed E-state index contributed by atoms with van der Waals surface area (Å²) in [5.41, 5.74) is 1.47.